The smallest absolute Gasteiger partial charge is 0.337 e. The maximum atomic E-state index is 11.5. The van der Waals surface area contributed by atoms with Gasteiger partial charge >= 0.3 is 5.97 Å². The van der Waals surface area contributed by atoms with E-state index in [-0.39, 0.29) is 5.97 Å². The Morgan fingerprint density at radius 1 is 1.56 bits per heavy atom. The second-order valence-electron chi connectivity index (χ2n) is 3.59. The quantitative estimate of drug-likeness (QED) is 0.430. The molecule has 0 bridgehead atoms. The van der Waals surface area contributed by atoms with Crippen molar-refractivity contribution in [1.82, 2.24) is 0 Å². The number of aryl methyl sites for hydroxylation is 1. The Morgan fingerprint density at radius 2 is 2.19 bits per heavy atom. The Morgan fingerprint density at radius 3 is 2.69 bits per heavy atom. The summed E-state index contributed by atoms with van der Waals surface area (Å²) >= 11 is 0. The molecule has 0 aliphatic heterocycles. The van der Waals surface area contributed by atoms with Crippen LogP contribution in [-0.2, 0) is 11.2 Å². The number of terminal acetylenes is 1. The van der Waals surface area contributed by atoms with E-state index in [2.05, 4.69) is 16.2 Å². The summed E-state index contributed by atoms with van der Waals surface area (Å²) in [5, 5.41) is 0.730. The van der Waals surface area contributed by atoms with Gasteiger partial charge in [0.2, 0.25) is 0 Å². The number of carbonyl (C=O) groups is 1. The molecule has 1 aromatic rings. The van der Waals surface area contributed by atoms with Crippen LogP contribution in [-0.4, -0.2) is 23.3 Å². The summed E-state index contributed by atoms with van der Waals surface area (Å²) in [4.78, 5) is 11.5. The molecule has 0 fully saturated rings. The van der Waals surface area contributed by atoms with Crippen LogP contribution in [0.15, 0.2) is 6.07 Å². The Labute approximate surface area is 99.4 Å². The van der Waals surface area contributed by atoms with E-state index in [1.165, 1.54) is 7.11 Å². The molecule has 0 saturated heterocycles. The van der Waals surface area contributed by atoms with Gasteiger partial charge in [-0.05, 0) is 41.8 Å². The van der Waals surface area contributed by atoms with Crippen molar-refractivity contribution in [2.45, 2.75) is 20.3 Å². The molecule has 0 aromatic heterocycles. The number of ether oxygens (including phenoxy) is 1. The number of hydrogen-bond acceptors (Lipinski definition) is 2. The van der Waals surface area contributed by atoms with Gasteiger partial charge in [0.15, 0.2) is 0 Å². The molecule has 2 nitrogen and oxygen atoms in total. The van der Waals surface area contributed by atoms with Gasteiger partial charge in [-0.3, -0.25) is 0 Å². The van der Waals surface area contributed by atoms with Gasteiger partial charge in [0.25, 0.3) is 0 Å². The van der Waals surface area contributed by atoms with E-state index >= 15 is 0 Å². The molecule has 16 heavy (non-hydrogen) atoms. The van der Waals surface area contributed by atoms with Crippen molar-refractivity contribution in [1.29, 1.82) is 0 Å². The first-order valence-electron chi connectivity index (χ1n) is 4.89. The molecule has 1 rings (SSSR count). The van der Waals surface area contributed by atoms with Crippen molar-refractivity contribution in [2.75, 3.05) is 7.11 Å². The first kappa shape index (κ1) is 12.5. The Balaban J connectivity index is 3.45. The van der Waals surface area contributed by atoms with Gasteiger partial charge in [0.05, 0.1) is 22.9 Å². The molecular formula is C13H13O2Si. The van der Waals surface area contributed by atoms with Crippen LogP contribution in [0.25, 0.3) is 0 Å². The molecule has 0 aliphatic rings. The SMILES string of the molecule is C#CCc1c(C)c(C)cc(C(=O)OC)c1[Si]. The predicted molar refractivity (Wildman–Crippen MR) is 65.2 cm³/mol. The maximum absolute atomic E-state index is 11.5. The lowest BCUT2D eigenvalue weighted by Crippen LogP contribution is -2.23. The van der Waals surface area contributed by atoms with Gasteiger partial charge in [0, 0.05) is 6.42 Å². The van der Waals surface area contributed by atoms with Gasteiger partial charge in [0.1, 0.15) is 0 Å². The fraction of sp³-hybridized carbons (Fsp3) is 0.308. The van der Waals surface area contributed by atoms with E-state index in [0.717, 1.165) is 21.9 Å². The third-order valence-electron chi connectivity index (χ3n) is 2.66. The second kappa shape index (κ2) is 5.00. The molecule has 0 amide bonds. The number of rotatable bonds is 2. The fourth-order valence-corrected chi connectivity index (χ4v) is 2.03. The van der Waals surface area contributed by atoms with E-state index in [0.29, 0.717) is 12.0 Å². The molecular weight excluding hydrogens is 216 g/mol. The van der Waals surface area contributed by atoms with Crippen molar-refractivity contribution in [3.05, 3.63) is 28.3 Å². The van der Waals surface area contributed by atoms with Crippen LogP contribution in [0.5, 0.6) is 0 Å². The van der Waals surface area contributed by atoms with Crippen molar-refractivity contribution in [3.63, 3.8) is 0 Å². The van der Waals surface area contributed by atoms with Crippen LogP contribution in [0.2, 0.25) is 0 Å². The molecule has 0 aliphatic carbocycles. The largest absolute Gasteiger partial charge is 0.465 e. The zero-order valence-corrected chi connectivity index (χ0v) is 10.7. The van der Waals surface area contributed by atoms with Crippen molar-refractivity contribution in [2.24, 2.45) is 0 Å². The lowest BCUT2D eigenvalue weighted by atomic mass is 9.97. The molecule has 3 heteroatoms. The van der Waals surface area contributed by atoms with Crippen LogP contribution in [0.1, 0.15) is 27.0 Å². The predicted octanol–water partition coefficient (Wildman–Crippen LogP) is 1.06. The van der Waals surface area contributed by atoms with E-state index < -0.39 is 0 Å². The molecule has 81 valence electrons. The molecule has 0 N–H and O–H groups in total. The summed E-state index contributed by atoms with van der Waals surface area (Å²) in [6.07, 6.45) is 5.82. The minimum Gasteiger partial charge on any atom is -0.465 e. The minimum absolute atomic E-state index is 0.355. The monoisotopic (exact) mass is 229 g/mol. The second-order valence-corrected chi connectivity index (χ2v) is 4.09. The summed E-state index contributed by atoms with van der Waals surface area (Å²) in [5.74, 6) is 2.24. The van der Waals surface area contributed by atoms with Gasteiger partial charge in [-0.2, -0.15) is 0 Å². The highest BCUT2D eigenvalue weighted by atomic mass is 28.1. The zero-order chi connectivity index (χ0) is 12.3. The Kier molecular flexibility index (Phi) is 3.91. The first-order valence-corrected chi connectivity index (χ1v) is 5.39. The highest BCUT2D eigenvalue weighted by Crippen LogP contribution is 2.15. The van der Waals surface area contributed by atoms with Gasteiger partial charge < -0.3 is 4.74 Å². The van der Waals surface area contributed by atoms with Crippen LogP contribution < -0.4 is 5.19 Å². The Bertz CT molecular complexity index is 470. The first-order chi connectivity index (χ1) is 7.52. The van der Waals surface area contributed by atoms with Gasteiger partial charge in [-0.15, -0.1) is 12.3 Å². The average Bonchev–Trinajstić information content (AvgIpc) is 2.28. The molecule has 1 aromatic carbocycles. The van der Waals surface area contributed by atoms with E-state index in [4.69, 9.17) is 11.2 Å². The summed E-state index contributed by atoms with van der Waals surface area (Å²) in [6, 6.07) is 1.81. The third-order valence-corrected chi connectivity index (χ3v) is 3.23. The number of carbonyl (C=O) groups excluding carboxylic acids is 1. The molecule has 0 spiro atoms. The van der Waals surface area contributed by atoms with Gasteiger partial charge in [-0.1, -0.05) is 0 Å². The molecule has 0 unspecified atom stereocenters. The Hall–Kier alpha value is -1.53. The third kappa shape index (κ3) is 2.17. The van der Waals surface area contributed by atoms with Crippen molar-refractivity contribution in [3.8, 4) is 12.3 Å². The molecule has 0 saturated carbocycles. The zero-order valence-electron chi connectivity index (χ0n) is 9.68. The van der Waals surface area contributed by atoms with Crippen LogP contribution in [0.3, 0.4) is 0 Å². The van der Waals surface area contributed by atoms with Crippen LogP contribution in [0, 0.1) is 26.2 Å². The number of benzene rings is 1. The molecule has 0 atom stereocenters. The maximum Gasteiger partial charge on any atom is 0.337 e. The highest BCUT2D eigenvalue weighted by Gasteiger charge is 2.15. The lowest BCUT2D eigenvalue weighted by Gasteiger charge is -2.14. The normalized spacial score (nSPS) is 9.69. The molecule has 0 heterocycles. The van der Waals surface area contributed by atoms with E-state index in [1.807, 2.05) is 19.9 Å². The standard InChI is InChI=1S/C13H13O2Si/c1-5-6-10-9(3)8(2)7-11(12(10)16)13(14)15-4/h1,7H,6H2,2-4H3. The summed E-state index contributed by atoms with van der Waals surface area (Å²) in [7, 11) is 4.83. The van der Waals surface area contributed by atoms with Crippen molar-refractivity contribution >= 4 is 21.4 Å². The van der Waals surface area contributed by atoms with Crippen LogP contribution >= 0.6 is 0 Å². The summed E-state index contributed by atoms with van der Waals surface area (Å²) in [6.45, 7) is 3.94. The van der Waals surface area contributed by atoms with E-state index in [9.17, 15) is 4.79 Å². The number of esters is 1. The van der Waals surface area contributed by atoms with E-state index in [1.54, 1.807) is 0 Å². The number of methoxy groups -OCH3 is 1. The highest BCUT2D eigenvalue weighted by molar-refractivity contribution is 6.37. The van der Waals surface area contributed by atoms with Gasteiger partial charge in [-0.25, -0.2) is 4.79 Å². The summed E-state index contributed by atoms with van der Waals surface area (Å²) < 4.78 is 4.72. The minimum atomic E-state index is -0.355. The topological polar surface area (TPSA) is 26.3 Å². The number of hydrogen-bond donors (Lipinski definition) is 0. The van der Waals surface area contributed by atoms with Crippen molar-refractivity contribution < 1.29 is 9.53 Å². The van der Waals surface area contributed by atoms with Crippen LogP contribution in [0.4, 0.5) is 0 Å². The fourth-order valence-electron chi connectivity index (χ4n) is 1.58. The summed E-state index contributed by atoms with van der Waals surface area (Å²) in [5.41, 5.74) is 3.63. The average molecular weight is 229 g/mol. The molecule has 3 radical (unpaired) electrons. The lowest BCUT2D eigenvalue weighted by molar-refractivity contribution is 0.0602.